The zero-order valence-corrected chi connectivity index (χ0v) is 11.2. The molecule has 0 saturated heterocycles. The van der Waals surface area contributed by atoms with Crippen molar-refractivity contribution in [2.24, 2.45) is 11.7 Å². The Kier molecular flexibility index (Phi) is 4.43. The largest absolute Gasteiger partial charge is 0.327 e. The number of nitrogens with zero attached hydrogens (tertiary/aromatic N) is 1. The Bertz CT molecular complexity index is 350. The van der Waals surface area contributed by atoms with Crippen molar-refractivity contribution in [2.75, 3.05) is 13.6 Å². The number of benzene rings is 1. The molecule has 1 aliphatic carbocycles. The van der Waals surface area contributed by atoms with Gasteiger partial charge in [-0.25, -0.2) is 0 Å². The van der Waals surface area contributed by atoms with E-state index in [1.54, 1.807) is 0 Å². The second kappa shape index (κ2) is 5.85. The lowest BCUT2D eigenvalue weighted by atomic mass is 10.0. The summed E-state index contributed by atoms with van der Waals surface area (Å²) in [6.45, 7) is 2.07. The van der Waals surface area contributed by atoms with Crippen molar-refractivity contribution in [1.29, 1.82) is 0 Å². The van der Waals surface area contributed by atoms with E-state index in [1.165, 1.54) is 24.8 Å². The summed E-state index contributed by atoms with van der Waals surface area (Å²) in [6.07, 6.45) is 3.77. The van der Waals surface area contributed by atoms with Crippen LogP contribution < -0.4 is 5.73 Å². The first-order chi connectivity index (χ1) is 8.15. The summed E-state index contributed by atoms with van der Waals surface area (Å²) in [5.41, 5.74) is 7.41. The van der Waals surface area contributed by atoms with Crippen LogP contribution in [-0.2, 0) is 6.54 Å². The Morgan fingerprint density at radius 3 is 2.59 bits per heavy atom. The maximum Gasteiger partial charge on any atom is 0.0406 e. The number of hydrogen-bond acceptors (Lipinski definition) is 2. The first-order valence-electron chi connectivity index (χ1n) is 6.33. The molecule has 0 radical (unpaired) electrons. The molecule has 2 rings (SSSR count). The van der Waals surface area contributed by atoms with Gasteiger partial charge in [-0.15, -0.1) is 0 Å². The van der Waals surface area contributed by atoms with Gasteiger partial charge in [0.2, 0.25) is 0 Å². The average Bonchev–Trinajstić information content (AvgIpc) is 2.68. The Morgan fingerprint density at radius 1 is 1.29 bits per heavy atom. The normalized spacial score (nSPS) is 24.5. The first kappa shape index (κ1) is 12.9. The molecule has 94 valence electrons. The topological polar surface area (TPSA) is 29.3 Å². The van der Waals surface area contributed by atoms with E-state index in [2.05, 4.69) is 24.1 Å². The van der Waals surface area contributed by atoms with E-state index in [1.807, 2.05) is 12.1 Å². The van der Waals surface area contributed by atoms with E-state index < -0.39 is 0 Å². The third kappa shape index (κ3) is 3.70. The van der Waals surface area contributed by atoms with Crippen LogP contribution in [0.3, 0.4) is 0 Å². The highest BCUT2D eigenvalue weighted by Crippen LogP contribution is 2.24. The van der Waals surface area contributed by atoms with E-state index in [0.717, 1.165) is 18.1 Å². The zero-order chi connectivity index (χ0) is 12.3. The van der Waals surface area contributed by atoms with Gasteiger partial charge in [0.25, 0.3) is 0 Å². The van der Waals surface area contributed by atoms with E-state index >= 15 is 0 Å². The van der Waals surface area contributed by atoms with E-state index in [0.29, 0.717) is 12.0 Å². The molecule has 17 heavy (non-hydrogen) atoms. The van der Waals surface area contributed by atoms with Gasteiger partial charge in [0.05, 0.1) is 0 Å². The van der Waals surface area contributed by atoms with Gasteiger partial charge in [-0.3, -0.25) is 0 Å². The zero-order valence-electron chi connectivity index (χ0n) is 10.4. The molecule has 1 aromatic carbocycles. The minimum Gasteiger partial charge on any atom is -0.327 e. The Balaban J connectivity index is 1.84. The fourth-order valence-electron chi connectivity index (χ4n) is 2.66. The van der Waals surface area contributed by atoms with Gasteiger partial charge >= 0.3 is 0 Å². The first-order valence-corrected chi connectivity index (χ1v) is 6.71. The molecule has 1 fully saturated rings. The fourth-order valence-corrected chi connectivity index (χ4v) is 2.78. The molecule has 0 bridgehead atoms. The summed E-state index contributed by atoms with van der Waals surface area (Å²) in [4.78, 5) is 2.36. The number of hydrogen-bond donors (Lipinski definition) is 1. The van der Waals surface area contributed by atoms with Crippen LogP contribution in [0.25, 0.3) is 0 Å². The molecule has 0 amide bonds. The van der Waals surface area contributed by atoms with Gasteiger partial charge in [-0.1, -0.05) is 30.2 Å². The highest BCUT2D eigenvalue weighted by atomic mass is 35.5. The number of halogens is 1. The van der Waals surface area contributed by atoms with E-state index in [9.17, 15) is 0 Å². The lowest BCUT2D eigenvalue weighted by Crippen LogP contribution is -2.34. The van der Waals surface area contributed by atoms with E-state index in [-0.39, 0.29) is 0 Å². The number of rotatable bonds is 4. The van der Waals surface area contributed by atoms with Gasteiger partial charge in [-0.05, 0) is 43.5 Å². The molecule has 2 nitrogen and oxygen atoms in total. The SMILES string of the molecule is CN(Cc1ccc(Cl)cc1)CC1CCCC1N. The average molecular weight is 253 g/mol. The predicted molar refractivity (Wildman–Crippen MR) is 73.1 cm³/mol. The summed E-state index contributed by atoms with van der Waals surface area (Å²) in [5.74, 6) is 0.673. The maximum absolute atomic E-state index is 6.10. The molecular formula is C14H21ClN2. The van der Waals surface area contributed by atoms with Crippen molar-refractivity contribution in [3.05, 3.63) is 34.9 Å². The van der Waals surface area contributed by atoms with Crippen molar-refractivity contribution in [3.63, 3.8) is 0 Å². The second-order valence-electron chi connectivity index (χ2n) is 5.18. The summed E-state index contributed by atoms with van der Waals surface area (Å²) in [7, 11) is 2.17. The molecule has 1 aliphatic rings. The molecule has 0 spiro atoms. The monoisotopic (exact) mass is 252 g/mol. The van der Waals surface area contributed by atoms with Gasteiger partial charge in [0.1, 0.15) is 0 Å². The van der Waals surface area contributed by atoms with Crippen LogP contribution in [-0.4, -0.2) is 24.5 Å². The minimum absolute atomic E-state index is 0.405. The molecule has 0 heterocycles. The molecular weight excluding hydrogens is 232 g/mol. The standard InChI is InChI=1S/C14H21ClN2/c1-17(10-12-3-2-4-14(12)16)9-11-5-7-13(15)8-6-11/h5-8,12,14H,2-4,9-10,16H2,1H3. The van der Waals surface area contributed by atoms with Crippen LogP contribution in [0.4, 0.5) is 0 Å². The van der Waals surface area contributed by atoms with Gasteiger partial charge in [0.15, 0.2) is 0 Å². The van der Waals surface area contributed by atoms with Crippen molar-refractivity contribution < 1.29 is 0 Å². The second-order valence-corrected chi connectivity index (χ2v) is 5.61. The van der Waals surface area contributed by atoms with Gasteiger partial charge < -0.3 is 10.6 Å². The Labute approximate surface area is 109 Å². The third-order valence-corrected chi connectivity index (χ3v) is 3.88. The van der Waals surface area contributed by atoms with Crippen LogP contribution >= 0.6 is 11.6 Å². The van der Waals surface area contributed by atoms with Crippen LogP contribution in [0.5, 0.6) is 0 Å². The van der Waals surface area contributed by atoms with Gasteiger partial charge in [0, 0.05) is 24.2 Å². The molecule has 1 aromatic rings. The van der Waals surface area contributed by atoms with Gasteiger partial charge in [-0.2, -0.15) is 0 Å². The van der Waals surface area contributed by atoms with Crippen LogP contribution in [0.1, 0.15) is 24.8 Å². The van der Waals surface area contributed by atoms with Crippen molar-refractivity contribution in [1.82, 2.24) is 4.90 Å². The van der Waals surface area contributed by atoms with Crippen LogP contribution in [0.2, 0.25) is 5.02 Å². The molecule has 3 heteroatoms. The summed E-state index contributed by atoms with van der Waals surface area (Å²) >= 11 is 5.87. The molecule has 2 unspecified atom stereocenters. The third-order valence-electron chi connectivity index (χ3n) is 3.63. The fraction of sp³-hybridized carbons (Fsp3) is 0.571. The molecule has 1 saturated carbocycles. The van der Waals surface area contributed by atoms with Crippen molar-refractivity contribution in [3.8, 4) is 0 Å². The summed E-state index contributed by atoms with van der Waals surface area (Å²) in [5, 5.41) is 0.800. The molecule has 0 aromatic heterocycles. The Hall–Kier alpha value is -0.570. The quantitative estimate of drug-likeness (QED) is 0.893. The summed E-state index contributed by atoms with van der Waals surface area (Å²) in [6, 6.07) is 8.49. The predicted octanol–water partition coefficient (Wildman–Crippen LogP) is 2.90. The highest BCUT2D eigenvalue weighted by molar-refractivity contribution is 6.30. The minimum atomic E-state index is 0.405. The lowest BCUT2D eigenvalue weighted by molar-refractivity contribution is 0.259. The Morgan fingerprint density at radius 2 is 2.00 bits per heavy atom. The summed E-state index contributed by atoms with van der Waals surface area (Å²) < 4.78 is 0. The van der Waals surface area contributed by atoms with E-state index in [4.69, 9.17) is 17.3 Å². The lowest BCUT2D eigenvalue weighted by Gasteiger charge is -2.23. The van der Waals surface area contributed by atoms with Crippen LogP contribution in [0.15, 0.2) is 24.3 Å². The molecule has 0 aliphatic heterocycles. The highest BCUT2D eigenvalue weighted by Gasteiger charge is 2.24. The maximum atomic E-state index is 6.10. The van der Waals surface area contributed by atoms with Crippen LogP contribution in [0, 0.1) is 5.92 Å². The van der Waals surface area contributed by atoms with Crippen molar-refractivity contribution in [2.45, 2.75) is 31.8 Å². The smallest absolute Gasteiger partial charge is 0.0406 e. The van der Waals surface area contributed by atoms with Crippen molar-refractivity contribution >= 4 is 11.6 Å². The molecule has 2 atom stereocenters. The number of nitrogens with two attached hydrogens (primary N) is 1. The molecule has 2 N–H and O–H groups in total.